The van der Waals surface area contributed by atoms with Gasteiger partial charge in [0.2, 0.25) is 0 Å². The van der Waals surface area contributed by atoms with E-state index in [1.807, 2.05) is 43.1 Å². The molecular formula is C24H20N4. The molecule has 0 bridgehead atoms. The maximum absolute atomic E-state index is 9.57. The minimum absolute atomic E-state index is 0.0152. The Kier molecular flexibility index (Phi) is 4.61. The highest BCUT2D eigenvalue weighted by Gasteiger charge is 2.32. The normalized spacial score (nSPS) is 12.2. The van der Waals surface area contributed by atoms with Gasteiger partial charge in [0, 0.05) is 21.8 Å². The van der Waals surface area contributed by atoms with Gasteiger partial charge in [-0.2, -0.15) is 11.1 Å². The molecule has 136 valence electrons. The topological polar surface area (TPSA) is 62.9 Å². The lowest BCUT2D eigenvalue weighted by Gasteiger charge is -2.11. The first-order valence-corrected chi connectivity index (χ1v) is 9.42. The minimum atomic E-state index is -0.0152. The summed E-state index contributed by atoms with van der Waals surface area (Å²) in [6, 6.07) is 18.5. The molecule has 0 atom stereocenters. The molecule has 0 spiro atoms. The number of hydrogen-bond acceptors (Lipinski definition) is 2. The van der Waals surface area contributed by atoms with Gasteiger partial charge in [-0.25, -0.2) is 0 Å². The molecule has 4 nitrogen and oxygen atoms in total. The number of fused-ring (bicyclic) bond motifs is 1. The van der Waals surface area contributed by atoms with E-state index in [2.05, 4.69) is 31.2 Å². The van der Waals surface area contributed by atoms with Crippen LogP contribution >= 0.6 is 0 Å². The fraction of sp³-hybridized carbons (Fsp3) is 0.208. The Morgan fingerprint density at radius 3 is 2.07 bits per heavy atom. The molecule has 0 saturated carbocycles. The molecule has 0 amide bonds. The summed E-state index contributed by atoms with van der Waals surface area (Å²) >= 11 is 0. The van der Waals surface area contributed by atoms with E-state index in [0.29, 0.717) is 0 Å². The largest absolute Gasteiger partial charge is 0.757 e. The van der Waals surface area contributed by atoms with Gasteiger partial charge in [-0.3, -0.25) is 0 Å². The van der Waals surface area contributed by atoms with Crippen molar-refractivity contribution < 1.29 is 4.68 Å². The smallest absolute Gasteiger partial charge is 0.336 e. The summed E-state index contributed by atoms with van der Waals surface area (Å²) < 4.78 is 1.55. The minimum Gasteiger partial charge on any atom is -0.757 e. The summed E-state index contributed by atoms with van der Waals surface area (Å²) in [7, 11) is 0. The van der Waals surface area contributed by atoms with Crippen LogP contribution < -0.4 is 4.68 Å². The van der Waals surface area contributed by atoms with Crippen LogP contribution in [-0.4, -0.2) is 11.0 Å². The van der Waals surface area contributed by atoms with E-state index in [0.717, 1.165) is 41.8 Å². The van der Waals surface area contributed by atoms with Gasteiger partial charge in [0.05, 0.1) is 0 Å². The third-order valence-electron chi connectivity index (χ3n) is 5.27. The van der Waals surface area contributed by atoms with Crippen molar-refractivity contribution in [2.75, 3.05) is 0 Å². The van der Waals surface area contributed by atoms with Gasteiger partial charge in [-0.15, -0.1) is 0 Å². The summed E-state index contributed by atoms with van der Waals surface area (Å²) in [5, 5.41) is 24.0. The number of nitriles is 1. The van der Waals surface area contributed by atoms with Crippen molar-refractivity contribution in [2.45, 2.75) is 33.1 Å². The van der Waals surface area contributed by atoms with Crippen molar-refractivity contribution in [2.24, 2.45) is 0 Å². The average Bonchev–Trinajstić information content (AvgIpc) is 3.19. The molecule has 2 aromatic carbocycles. The summed E-state index contributed by atoms with van der Waals surface area (Å²) in [6.45, 7) is 4.10. The fourth-order valence-electron chi connectivity index (χ4n) is 3.84. The molecule has 0 saturated heterocycles. The van der Waals surface area contributed by atoms with Gasteiger partial charge in [-0.1, -0.05) is 47.5 Å². The zero-order chi connectivity index (χ0) is 19.7. The Balaban J connectivity index is 2.05. The van der Waals surface area contributed by atoms with E-state index in [1.165, 1.54) is 22.3 Å². The summed E-state index contributed by atoms with van der Waals surface area (Å²) in [5.41, 5.74) is 8.49. The zero-order valence-electron chi connectivity index (χ0n) is 16.0. The van der Waals surface area contributed by atoms with E-state index in [1.54, 1.807) is 4.68 Å². The van der Waals surface area contributed by atoms with Crippen molar-refractivity contribution in [3.63, 3.8) is 0 Å². The summed E-state index contributed by atoms with van der Waals surface area (Å²) in [6.07, 6.45) is 2.93. The van der Waals surface area contributed by atoms with Crippen LogP contribution in [0, 0.1) is 25.2 Å². The molecule has 28 heavy (non-hydrogen) atoms. The van der Waals surface area contributed by atoms with Crippen LogP contribution in [0.5, 0.6) is 0 Å². The van der Waals surface area contributed by atoms with Gasteiger partial charge >= 0.3 is 5.70 Å². The van der Waals surface area contributed by atoms with Crippen molar-refractivity contribution in [3.8, 4) is 28.6 Å². The standard InChI is InChI=1S/C24H20N4/c1-16-6-10-18(11-7-16)23-21-4-3-5-22(21)24(19-12-8-17(2)9-13-19)28(27-23)20(14-25)15-26/h6-13H,3-5H2,1-2H3. The molecule has 1 heterocycles. The van der Waals surface area contributed by atoms with Gasteiger partial charge in [-0.05, 0) is 55.5 Å². The Bertz CT molecular complexity index is 1140. The number of rotatable bonds is 3. The van der Waals surface area contributed by atoms with Crippen LogP contribution in [0.1, 0.15) is 28.7 Å². The second kappa shape index (κ2) is 7.23. The van der Waals surface area contributed by atoms with E-state index < -0.39 is 0 Å². The first kappa shape index (κ1) is 17.9. The van der Waals surface area contributed by atoms with E-state index in [9.17, 15) is 10.7 Å². The van der Waals surface area contributed by atoms with Crippen LogP contribution in [0.25, 0.3) is 33.6 Å². The van der Waals surface area contributed by atoms with Crippen LogP contribution in [0.2, 0.25) is 0 Å². The summed E-state index contributed by atoms with van der Waals surface area (Å²) in [4.78, 5) is 0. The highest BCUT2D eigenvalue weighted by molar-refractivity contribution is 5.85. The zero-order valence-corrected chi connectivity index (χ0v) is 16.0. The lowest BCUT2D eigenvalue weighted by Crippen LogP contribution is -2.41. The van der Waals surface area contributed by atoms with Crippen molar-refractivity contribution >= 4 is 11.6 Å². The number of aromatic nitrogens is 2. The molecular weight excluding hydrogens is 344 g/mol. The maximum atomic E-state index is 9.57. The van der Waals surface area contributed by atoms with Crippen molar-refractivity contribution in [1.29, 1.82) is 5.26 Å². The molecule has 0 radical (unpaired) electrons. The number of allylic oxidation sites excluding steroid dienone is 1. The molecule has 1 aliphatic carbocycles. The SMILES string of the molecule is Cc1ccc(-c2n[n+](C(=C=[N-])C#N)c(-c3ccc(C)cc3)c3c2CCC3)cc1. The highest BCUT2D eigenvalue weighted by Crippen LogP contribution is 2.35. The molecule has 0 unspecified atom stereocenters. The predicted molar refractivity (Wildman–Crippen MR) is 110 cm³/mol. The number of hydrogen-bond donors (Lipinski definition) is 0. The molecule has 1 aliphatic rings. The average molecular weight is 364 g/mol. The van der Waals surface area contributed by atoms with Gasteiger partial charge in [0.1, 0.15) is 5.69 Å². The number of aryl methyl sites for hydroxylation is 2. The Labute approximate surface area is 164 Å². The van der Waals surface area contributed by atoms with Crippen LogP contribution in [0.4, 0.5) is 0 Å². The molecule has 0 N–H and O–H groups in total. The van der Waals surface area contributed by atoms with Gasteiger partial charge < -0.3 is 5.41 Å². The fourth-order valence-corrected chi connectivity index (χ4v) is 3.84. The molecule has 4 rings (SSSR count). The Morgan fingerprint density at radius 2 is 1.50 bits per heavy atom. The van der Waals surface area contributed by atoms with Gasteiger partial charge in [0.15, 0.2) is 6.07 Å². The predicted octanol–water partition coefficient (Wildman–Crippen LogP) is 4.41. The summed E-state index contributed by atoms with van der Waals surface area (Å²) in [5.74, 6) is 2.02. The molecule has 1 aromatic heterocycles. The molecule has 0 aliphatic heterocycles. The maximum Gasteiger partial charge on any atom is 0.336 e. The third kappa shape index (κ3) is 3.03. The lowest BCUT2D eigenvalue weighted by molar-refractivity contribution is -0.629. The van der Waals surface area contributed by atoms with Crippen LogP contribution in [-0.2, 0) is 12.8 Å². The van der Waals surface area contributed by atoms with Crippen LogP contribution in [0.3, 0.4) is 0 Å². The third-order valence-corrected chi connectivity index (χ3v) is 5.27. The highest BCUT2D eigenvalue weighted by atomic mass is 15.3. The monoisotopic (exact) mass is 364 g/mol. The number of nitrogens with zero attached hydrogens (tertiary/aromatic N) is 4. The first-order chi connectivity index (χ1) is 13.6. The second-order valence-corrected chi connectivity index (χ2v) is 7.22. The number of benzene rings is 2. The molecule has 4 heteroatoms. The van der Waals surface area contributed by atoms with Gasteiger partial charge in [0.25, 0.3) is 5.69 Å². The van der Waals surface area contributed by atoms with E-state index in [-0.39, 0.29) is 5.70 Å². The molecule has 0 fully saturated rings. The van der Waals surface area contributed by atoms with E-state index >= 15 is 0 Å². The van der Waals surface area contributed by atoms with E-state index in [4.69, 9.17) is 5.10 Å². The Hall–Kier alpha value is -3.54. The molecule has 3 aromatic rings. The quantitative estimate of drug-likeness (QED) is 0.392. The first-order valence-electron chi connectivity index (χ1n) is 9.42. The van der Waals surface area contributed by atoms with Crippen molar-refractivity contribution in [1.82, 2.24) is 5.10 Å². The lowest BCUT2D eigenvalue weighted by atomic mass is 9.97. The Morgan fingerprint density at radius 1 is 0.929 bits per heavy atom. The second-order valence-electron chi connectivity index (χ2n) is 7.22. The van der Waals surface area contributed by atoms with Crippen LogP contribution in [0.15, 0.2) is 48.5 Å². The van der Waals surface area contributed by atoms with Crippen molar-refractivity contribution in [3.05, 3.63) is 76.2 Å².